The second-order valence-electron chi connectivity index (χ2n) is 5.66. The van der Waals surface area contributed by atoms with Gasteiger partial charge in [0.05, 0.1) is 11.7 Å². The van der Waals surface area contributed by atoms with E-state index in [1.165, 1.54) is 19.4 Å². The maximum absolute atomic E-state index is 4.68. The van der Waals surface area contributed by atoms with Crippen LogP contribution in [-0.4, -0.2) is 40.9 Å². The van der Waals surface area contributed by atoms with Crippen molar-refractivity contribution in [1.82, 2.24) is 20.0 Å². The van der Waals surface area contributed by atoms with E-state index in [4.69, 9.17) is 0 Å². The minimum atomic E-state index is 0.551. The van der Waals surface area contributed by atoms with E-state index < -0.39 is 0 Å². The van der Waals surface area contributed by atoms with E-state index in [1.54, 1.807) is 0 Å². The van der Waals surface area contributed by atoms with Gasteiger partial charge in [0.15, 0.2) is 0 Å². The lowest BCUT2D eigenvalue weighted by molar-refractivity contribution is 0.299. The topological polar surface area (TPSA) is 33.1 Å². The van der Waals surface area contributed by atoms with Crippen LogP contribution in [-0.2, 0) is 6.54 Å². The third-order valence-electron chi connectivity index (χ3n) is 4.34. The average molecular weight is 264 g/mol. The summed E-state index contributed by atoms with van der Waals surface area (Å²) in [5, 5.41) is 8.22. The van der Waals surface area contributed by atoms with E-state index in [1.807, 2.05) is 0 Å². The maximum atomic E-state index is 4.68. The molecule has 0 amide bonds. The molecule has 0 saturated carbocycles. The van der Waals surface area contributed by atoms with E-state index in [2.05, 4.69) is 53.2 Å². The van der Waals surface area contributed by atoms with Crippen molar-refractivity contribution >= 4 is 0 Å². The summed E-state index contributed by atoms with van der Waals surface area (Å²) in [6.45, 7) is 7.66. The Bertz CT molecular complexity index is 370. The first-order chi connectivity index (χ1) is 9.24. The standard InChI is InChI=1S/C15H28N4/c1-4-14(5-2)19-10-8-13(17-19)11-16-12-15-7-6-9-18(15)3/h8,10,14-16H,4-7,9,11-12H2,1-3H3. The van der Waals surface area contributed by atoms with Crippen LogP contribution in [0.25, 0.3) is 0 Å². The minimum Gasteiger partial charge on any atom is -0.310 e. The first kappa shape index (κ1) is 14.5. The smallest absolute Gasteiger partial charge is 0.0762 e. The highest BCUT2D eigenvalue weighted by atomic mass is 15.3. The predicted molar refractivity (Wildman–Crippen MR) is 79.2 cm³/mol. The molecule has 0 aromatic carbocycles. The molecule has 19 heavy (non-hydrogen) atoms. The molecule has 4 heteroatoms. The van der Waals surface area contributed by atoms with E-state index in [-0.39, 0.29) is 0 Å². The van der Waals surface area contributed by atoms with Gasteiger partial charge in [0, 0.05) is 25.3 Å². The lowest BCUT2D eigenvalue weighted by Gasteiger charge is -2.19. The van der Waals surface area contributed by atoms with E-state index in [9.17, 15) is 0 Å². The highest BCUT2D eigenvalue weighted by Gasteiger charge is 2.19. The number of likely N-dealkylation sites (N-methyl/N-ethyl adjacent to an activating group) is 1. The highest BCUT2D eigenvalue weighted by molar-refractivity contribution is 4.99. The summed E-state index contributed by atoms with van der Waals surface area (Å²) >= 11 is 0. The molecule has 0 bridgehead atoms. The summed E-state index contributed by atoms with van der Waals surface area (Å²) in [6.07, 6.45) is 7.09. The summed E-state index contributed by atoms with van der Waals surface area (Å²) in [7, 11) is 2.22. The van der Waals surface area contributed by atoms with Crippen LogP contribution in [0.4, 0.5) is 0 Å². The molecule has 1 atom stereocenters. The highest BCUT2D eigenvalue weighted by Crippen LogP contribution is 2.15. The van der Waals surface area contributed by atoms with Crippen LogP contribution in [0.15, 0.2) is 12.3 Å². The van der Waals surface area contributed by atoms with Crippen LogP contribution < -0.4 is 5.32 Å². The van der Waals surface area contributed by atoms with Crippen molar-refractivity contribution in [1.29, 1.82) is 0 Å². The van der Waals surface area contributed by atoms with Gasteiger partial charge in [0.1, 0.15) is 0 Å². The minimum absolute atomic E-state index is 0.551. The van der Waals surface area contributed by atoms with E-state index >= 15 is 0 Å². The van der Waals surface area contributed by atoms with Crippen LogP contribution in [0.2, 0.25) is 0 Å². The summed E-state index contributed by atoms with van der Waals surface area (Å²) < 4.78 is 2.12. The summed E-state index contributed by atoms with van der Waals surface area (Å²) in [4.78, 5) is 2.45. The Kier molecular flexibility index (Phi) is 5.40. The number of hydrogen-bond acceptors (Lipinski definition) is 3. The van der Waals surface area contributed by atoms with Crippen LogP contribution in [0.5, 0.6) is 0 Å². The van der Waals surface area contributed by atoms with Crippen molar-refractivity contribution in [3.63, 3.8) is 0 Å². The van der Waals surface area contributed by atoms with Crippen LogP contribution in [0.1, 0.15) is 51.3 Å². The van der Waals surface area contributed by atoms with Gasteiger partial charge in [0.25, 0.3) is 0 Å². The third kappa shape index (κ3) is 3.80. The van der Waals surface area contributed by atoms with E-state index in [0.717, 1.165) is 31.6 Å². The number of nitrogens with zero attached hydrogens (tertiary/aromatic N) is 3. The second-order valence-corrected chi connectivity index (χ2v) is 5.66. The Morgan fingerprint density at radius 2 is 2.21 bits per heavy atom. The van der Waals surface area contributed by atoms with Gasteiger partial charge < -0.3 is 10.2 Å². The Morgan fingerprint density at radius 1 is 1.42 bits per heavy atom. The molecule has 4 nitrogen and oxygen atoms in total. The normalized spacial score (nSPS) is 20.5. The number of nitrogens with one attached hydrogen (secondary N) is 1. The van der Waals surface area contributed by atoms with Gasteiger partial charge in [-0.25, -0.2) is 0 Å². The molecule has 1 unspecified atom stereocenters. The third-order valence-corrected chi connectivity index (χ3v) is 4.34. The Morgan fingerprint density at radius 3 is 2.84 bits per heavy atom. The van der Waals surface area contributed by atoms with Gasteiger partial charge in [-0.15, -0.1) is 0 Å². The lowest BCUT2D eigenvalue weighted by atomic mass is 10.2. The zero-order valence-electron chi connectivity index (χ0n) is 12.6. The summed E-state index contributed by atoms with van der Waals surface area (Å²) in [6, 6.07) is 3.40. The predicted octanol–water partition coefficient (Wildman–Crippen LogP) is 2.43. The van der Waals surface area contributed by atoms with Crippen LogP contribution in [0.3, 0.4) is 0 Å². The molecule has 1 aromatic heterocycles. The molecule has 1 aromatic rings. The molecule has 0 spiro atoms. The SMILES string of the molecule is CCC(CC)n1ccc(CNCC2CCCN2C)n1. The molecule has 2 heterocycles. The van der Waals surface area contributed by atoms with Gasteiger partial charge in [-0.1, -0.05) is 13.8 Å². The fourth-order valence-electron chi connectivity index (χ4n) is 2.94. The second kappa shape index (κ2) is 7.06. The van der Waals surface area contributed by atoms with Gasteiger partial charge in [-0.3, -0.25) is 4.68 Å². The molecule has 1 aliphatic heterocycles. The van der Waals surface area contributed by atoms with Crippen molar-refractivity contribution in [2.45, 2.75) is 58.2 Å². The lowest BCUT2D eigenvalue weighted by Crippen LogP contribution is -2.35. The molecule has 108 valence electrons. The van der Waals surface area contributed by atoms with Crippen molar-refractivity contribution < 1.29 is 0 Å². The summed E-state index contributed by atoms with van der Waals surface area (Å²) in [5.74, 6) is 0. The van der Waals surface area contributed by atoms with Crippen molar-refractivity contribution in [2.75, 3.05) is 20.1 Å². The molecular weight excluding hydrogens is 236 g/mol. The van der Waals surface area contributed by atoms with Crippen molar-refractivity contribution in [3.8, 4) is 0 Å². The van der Waals surface area contributed by atoms with Gasteiger partial charge >= 0.3 is 0 Å². The molecular formula is C15H28N4. The largest absolute Gasteiger partial charge is 0.310 e. The molecule has 2 rings (SSSR count). The monoisotopic (exact) mass is 264 g/mol. The zero-order valence-corrected chi connectivity index (χ0v) is 12.6. The Labute approximate surface area is 117 Å². The average Bonchev–Trinajstić information content (AvgIpc) is 3.02. The van der Waals surface area contributed by atoms with Crippen molar-refractivity contribution in [2.24, 2.45) is 0 Å². The Hall–Kier alpha value is -0.870. The van der Waals surface area contributed by atoms with Gasteiger partial charge in [-0.05, 0) is 45.3 Å². The number of aromatic nitrogens is 2. The van der Waals surface area contributed by atoms with Crippen LogP contribution >= 0.6 is 0 Å². The summed E-state index contributed by atoms with van der Waals surface area (Å²) in [5.41, 5.74) is 1.16. The molecule has 1 aliphatic rings. The maximum Gasteiger partial charge on any atom is 0.0762 e. The van der Waals surface area contributed by atoms with E-state index in [0.29, 0.717) is 12.1 Å². The first-order valence-electron chi connectivity index (χ1n) is 7.69. The van der Waals surface area contributed by atoms with Crippen LogP contribution in [0, 0.1) is 0 Å². The molecule has 0 radical (unpaired) electrons. The number of rotatable bonds is 7. The van der Waals surface area contributed by atoms with Gasteiger partial charge in [0.2, 0.25) is 0 Å². The number of hydrogen-bond donors (Lipinski definition) is 1. The first-order valence-corrected chi connectivity index (χ1v) is 7.69. The molecule has 1 saturated heterocycles. The quantitative estimate of drug-likeness (QED) is 0.821. The molecule has 0 aliphatic carbocycles. The number of likely N-dealkylation sites (tertiary alicyclic amines) is 1. The fourth-order valence-corrected chi connectivity index (χ4v) is 2.94. The van der Waals surface area contributed by atoms with Gasteiger partial charge in [-0.2, -0.15) is 5.10 Å². The van der Waals surface area contributed by atoms with Crippen molar-refractivity contribution in [3.05, 3.63) is 18.0 Å². The zero-order chi connectivity index (χ0) is 13.7. The molecule has 1 fully saturated rings. The molecule has 1 N–H and O–H groups in total. The fraction of sp³-hybridized carbons (Fsp3) is 0.800. The Balaban J connectivity index is 1.77.